The van der Waals surface area contributed by atoms with Crippen LogP contribution in [0.1, 0.15) is 19.5 Å². The van der Waals surface area contributed by atoms with Crippen LogP contribution in [0.4, 0.5) is 5.69 Å². The van der Waals surface area contributed by atoms with Gasteiger partial charge in [0.25, 0.3) is 5.91 Å². The molecule has 3 aromatic rings. The average Bonchev–Trinajstić information content (AvgIpc) is 3.04. The summed E-state index contributed by atoms with van der Waals surface area (Å²) in [6.07, 6.45) is 0. The van der Waals surface area contributed by atoms with Gasteiger partial charge < -0.3 is 25.3 Å². The molecule has 0 unspecified atom stereocenters. The summed E-state index contributed by atoms with van der Waals surface area (Å²) >= 11 is 6.03. The normalized spacial score (nSPS) is 11.6. The monoisotopic (exact) mass is 452 g/mol. The molecule has 2 aromatic carbocycles. The number of fused-ring (bicyclic) bond motifs is 1. The Kier molecular flexibility index (Phi) is 7.33. The number of para-hydroxylation sites is 1. The third-order valence-electron chi connectivity index (χ3n) is 4.84. The number of rotatable bonds is 8. The number of aromatic nitrogens is 1. The van der Waals surface area contributed by atoms with Gasteiger partial charge in [0.2, 0.25) is 0 Å². The minimum Gasteiger partial charge on any atom is -0.454 e. The molecular weight excluding hydrogens is 428 g/mol. The molecule has 0 saturated heterocycles. The van der Waals surface area contributed by atoms with Gasteiger partial charge in [-0.3, -0.25) is 9.59 Å². The van der Waals surface area contributed by atoms with Crippen molar-refractivity contribution >= 4 is 45.8 Å². The molecule has 8 heteroatoms. The van der Waals surface area contributed by atoms with Gasteiger partial charge in [0.05, 0.1) is 11.4 Å². The first-order chi connectivity index (χ1) is 15.2. The number of amides is 1. The fraction of sp³-hybridized carbons (Fsp3) is 0.208. The highest BCUT2D eigenvalue weighted by molar-refractivity contribution is 6.31. The highest BCUT2D eigenvalue weighted by Gasteiger charge is 2.15. The van der Waals surface area contributed by atoms with Crippen molar-refractivity contribution in [3.8, 4) is 0 Å². The van der Waals surface area contributed by atoms with Gasteiger partial charge in [-0.1, -0.05) is 29.8 Å². The van der Waals surface area contributed by atoms with E-state index < -0.39 is 18.5 Å². The molecule has 166 valence electrons. The molecule has 7 nitrogen and oxygen atoms in total. The van der Waals surface area contributed by atoms with Crippen LogP contribution in [-0.2, 0) is 20.9 Å². The summed E-state index contributed by atoms with van der Waals surface area (Å²) in [5.74, 6) is -1.05. The van der Waals surface area contributed by atoms with Crippen molar-refractivity contribution in [2.45, 2.75) is 27.3 Å². The van der Waals surface area contributed by atoms with Crippen molar-refractivity contribution in [3.05, 3.63) is 76.7 Å². The number of nitrogens with zero attached hydrogens (tertiary/aromatic N) is 1. The summed E-state index contributed by atoms with van der Waals surface area (Å²) in [6, 6.07) is 16.8. The van der Waals surface area contributed by atoms with Crippen molar-refractivity contribution < 1.29 is 14.3 Å². The largest absolute Gasteiger partial charge is 0.454 e. The molecule has 1 heterocycles. The average molecular weight is 453 g/mol. The van der Waals surface area contributed by atoms with Gasteiger partial charge >= 0.3 is 5.97 Å². The zero-order valence-electron chi connectivity index (χ0n) is 18.2. The van der Waals surface area contributed by atoms with Gasteiger partial charge in [-0.25, -0.2) is 0 Å². The quantitative estimate of drug-likeness (QED) is 0.342. The summed E-state index contributed by atoms with van der Waals surface area (Å²) < 4.78 is 6.98. The van der Waals surface area contributed by atoms with Crippen molar-refractivity contribution in [2.75, 3.05) is 11.9 Å². The summed E-state index contributed by atoms with van der Waals surface area (Å²) in [5.41, 5.74) is 3.70. The Labute approximate surface area is 191 Å². The Morgan fingerprint density at radius 3 is 2.50 bits per heavy atom. The number of anilines is 1. The predicted molar refractivity (Wildman–Crippen MR) is 127 cm³/mol. The SMILES string of the molecule is CC(=N)/C(NC(=O)COC(=O)Cn1c(C)cc2cc(Cl)ccc21)=C(/C)Nc1ccccc1. The lowest BCUT2D eigenvalue weighted by atomic mass is 10.2. The van der Waals surface area contributed by atoms with E-state index in [1.807, 2.05) is 60.0 Å². The van der Waals surface area contributed by atoms with Crippen molar-refractivity contribution in [1.29, 1.82) is 5.41 Å². The van der Waals surface area contributed by atoms with Crippen LogP contribution in [0.2, 0.25) is 5.02 Å². The summed E-state index contributed by atoms with van der Waals surface area (Å²) in [5, 5.41) is 15.3. The molecule has 0 aliphatic rings. The zero-order valence-corrected chi connectivity index (χ0v) is 18.9. The van der Waals surface area contributed by atoms with Crippen molar-refractivity contribution in [2.24, 2.45) is 0 Å². The van der Waals surface area contributed by atoms with E-state index in [1.165, 1.54) is 0 Å². The maximum Gasteiger partial charge on any atom is 0.326 e. The van der Waals surface area contributed by atoms with Crippen LogP contribution in [0.3, 0.4) is 0 Å². The van der Waals surface area contributed by atoms with E-state index in [4.69, 9.17) is 21.7 Å². The van der Waals surface area contributed by atoms with E-state index in [1.54, 1.807) is 19.9 Å². The molecule has 1 amide bonds. The van der Waals surface area contributed by atoms with E-state index in [-0.39, 0.29) is 12.3 Å². The molecule has 0 atom stereocenters. The third-order valence-corrected chi connectivity index (χ3v) is 5.08. The Balaban J connectivity index is 1.61. The lowest BCUT2D eigenvalue weighted by Gasteiger charge is -2.15. The number of hydrogen-bond donors (Lipinski definition) is 3. The number of hydrogen-bond acceptors (Lipinski definition) is 5. The number of aryl methyl sites for hydroxylation is 1. The molecule has 0 spiro atoms. The van der Waals surface area contributed by atoms with Gasteiger partial charge in [0.15, 0.2) is 6.61 Å². The number of esters is 1. The minimum atomic E-state index is -0.535. The highest BCUT2D eigenvalue weighted by Crippen LogP contribution is 2.23. The summed E-state index contributed by atoms with van der Waals surface area (Å²) in [6.45, 7) is 4.76. The second-order valence-corrected chi connectivity index (χ2v) is 7.84. The first-order valence-electron chi connectivity index (χ1n) is 10.0. The molecule has 0 fully saturated rings. The minimum absolute atomic E-state index is 0.0227. The Bertz CT molecular complexity index is 1200. The smallest absolute Gasteiger partial charge is 0.326 e. The standard InChI is InChI=1S/C24H25ClN4O3/c1-15-11-18-12-19(25)9-10-21(18)29(15)13-23(31)32-14-22(30)28-24(16(2)26)17(3)27-20-7-5-4-6-8-20/h4-12,26-27H,13-14H2,1-3H3,(H,28,30)/b24-17+,26-16?. The van der Waals surface area contributed by atoms with Gasteiger partial charge in [-0.2, -0.15) is 0 Å². The van der Waals surface area contributed by atoms with E-state index in [9.17, 15) is 9.59 Å². The van der Waals surface area contributed by atoms with Gasteiger partial charge in [-0.05, 0) is 57.2 Å². The van der Waals surface area contributed by atoms with Gasteiger partial charge in [-0.15, -0.1) is 0 Å². The molecule has 0 radical (unpaired) electrons. The first kappa shape index (κ1) is 23.1. The molecule has 0 aliphatic heterocycles. The van der Waals surface area contributed by atoms with Crippen molar-refractivity contribution in [3.63, 3.8) is 0 Å². The number of nitrogens with one attached hydrogen (secondary N) is 3. The zero-order chi connectivity index (χ0) is 23.3. The Morgan fingerprint density at radius 2 is 1.81 bits per heavy atom. The number of benzene rings is 2. The molecule has 1 aromatic heterocycles. The lowest BCUT2D eigenvalue weighted by Crippen LogP contribution is -2.32. The molecule has 32 heavy (non-hydrogen) atoms. The second kappa shape index (κ2) is 10.2. The van der Waals surface area contributed by atoms with Crippen LogP contribution in [-0.4, -0.2) is 28.8 Å². The Hall–Kier alpha value is -3.58. The van der Waals surface area contributed by atoms with E-state index >= 15 is 0 Å². The maximum absolute atomic E-state index is 12.4. The first-order valence-corrected chi connectivity index (χ1v) is 10.4. The Morgan fingerprint density at radius 1 is 1.09 bits per heavy atom. The number of allylic oxidation sites excluding steroid dienone is 2. The van der Waals surface area contributed by atoms with E-state index in [0.717, 1.165) is 22.3 Å². The molecule has 3 N–H and O–H groups in total. The highest BCUT2D eigenvalue weighted by atomic mass is 35.5. The van der Waals surface area contributed by atoms with Gasteiger partial charge in [0.1, 0.15) is 6.54 Å². The van der Waals surface area contributed by atoms with Crippen LogP contribution in [0.25, 0.3) is 10.9 Å². The topological polar surface area (TPSA) is 96.2 Å². The van der Waals surface area contributed by atoms with E-state index in [2.05, 4.69) is 10.6 Å². The number of halogens is 1. The van der Waals surface area contributed by atoms with Crippen LogP contribution in [0.5, 0.6) is 0 Å². The predicted octanol–water partition coefficient (Wildman–Crippen LogP) is 4.65. The number of carbonyl (C=O) groups is 2. The van der Waals surface area contributed by atoms with Crippen LogP contribution in [0, 0.1) is 12.3 Å². The molecule has 3 rings (SSSR count). The van der Waals surface area contributed by atoms with E-state index in [0.29, 0.717) is 16.4 Å². The fourth-order valence-corrected chi connectivity index (χ4v) is 3.54. The molecule has 0 aliphatic carbocycles. The molecule has 0 bridgehead atoms. The lowest BCUT2D eigenvalue weighted by molar-refractivity contribution is -0.148. The number of ether oxygens (including phenoxy) is 1. The maximum atomic E-state index is 12.4. The van der Waals surface area contributed by atoms with Crippen LogP contribution < -0.4 is 10.6 Å². The molecular formula is C24H25ClN4O3. The number of carbonyl (C=O) groups excluding carboxylic acids is 2. The van der Waals surface area contributed by atoms with Gasteiger partial charge in [0, 0.05) is 33.0 Å². The fourth-order valence-electron chi connectivity index (χ4n) is 3.36. The third kappa shape index (κ3) is 5.76. The molecule has 0 saturated carbocycles. The summed E-state index contributed by atoms with van der Waals surface area (Å²) in [4.78, 5) is 24.7. The van der Waals surface area contributed by atoms with Crippen LogP contribution >= 0.6 is 11.6 Å². The van der Waals surface area contributed by atoms with Crippen molar-refractivity contribution in [1.82, 2.24) is 9.88 Å². The second-order valence-electron chi connectivity index (χ2n) is 7.40. The van der Waals surface area contributed by atoms with Crippen LogP contribution in [0.15, 0.2) is 66.0 Å². The summed E-state index contributed by atoms with van der Waals surface area (Å²) in [7, 11) is 0.